The van der Waals surface area contributed by atoms with Crippen LogP contribution in [0.25, 0.3) is 6.08 Å². The van der Waals surface area contributed by atoms with Gasteiger partial charge in [-0.25, -0.2) is 0 Å². The summed E-state index contributed by atoms with van der Waals surface area (Å²) in [5, 5.41) is 2.87. The molecule has 0 fully saturated rings. The number of benzene rings is 1. The first-order valence-electron chi connectivity index (χ1n) is 6.74. The zero-order valence-electron chi connectivity index (χ0n) is 11.6. The lowest BCUT2D eigenvalue weighted by Gasteiger charge is -2.18. The normalized spacial score (nSPS) is 13.0. The molecular weight excluding hydrogens is 256 g/mol. The lowest BCUT2D eigenvalue weighted by atomic mass is 10.1. The molecule has 3 N–H and O–H groups in total. The Balaban J connectivity index is 2.02. The summed E-state index contributed by atoms with van der Waals surface area (Å²) in [5.74, 6) is 1.43. The Labute approximate surface area is 118 Å². The van der Waals surface area contributed by atoms with E-state index in [1.165, 1.54) is 0 Å². The Morgan fingerprint density at radius 2 is 2.30 bits per heavy atom. The second kappa shape index (κ2) is 6.96. The summed E-state index contributed by atoms with van der Waals surface area (Å²) in [4.78, 5) is 12.0. The van der Waals surface area contributed by atoms with Crippen molar-refractivity contribution in [2.24, 2.45) is 5.73 Å². The first kappa shape index (κ1) is 14.4. The number of hydrogen-bond acceptors (Lipinski definition) is 4. The van der Waals surface area contributed by atoms with Crippen molar-refractivity contribution in [1.82, 2.24) is 5.32 Å². The van der Waals surface area contributed by atoms with Crippen LogP contribution in [0.15, 0.2) is 23.8 Å². The minimum absolute atomic E-state index is 0.0875. The van der Waals surface area contributed by atoms with Crippen LogP contribution in [0.5, 0.6) is 11.5 Å². The van der Waals surface area contributed by atoms with Gasteiger partial charge in [-0.1, -0.05) is 0 Å². The van der Waals surface area contributed by atoms with Crippen molar-refractivity contribution in [3.8, 4) is 11.5 Å². The highest BCUT2D eigenvalue weighted by atomic mass is 16.5. The Morgan fingerprint density at radius 1 is 1.45 bits per heavy atom. The molecule has 0 aliphatic carbocycles. The van der Waals surface area contributed by atoms with E-state index in [1.807, 2.05) is 24.3 Å². The molecule has 1 aliphatic rings. The Bertz CT molecular complexity index is 512. The standard InChI is InChI=1S/C15H20N2O3/c1-19-13-4-5-14-11(9-13)8-12(10-20-14)15(18)17-7-3-2-6-16/h4-5,8-9H,2-3,6-7,10,16H2,1H3,(H,17,18). The predicted molar refractivity (Wildman–Crippen MR) is 77.8 cm³/mol. The molecule has 108 valence electrons. The third-order valence-electron chi connectivity index (χ3n) is 3.14. The Morgan fingerprint density at radius 3 is 3.05 bits per heavy atom. The van der Waals surface area contributed by atoms with Crippen molar-refractivity contribution in [3.63, 3.8) is 0 Å². The molecule has 0 atom stereocenters. The van der Waals surface area contributed by atoms with Gasteiger partial charge in [0.05, 0.1) is 12.7 Å². The number of rotatable bonds is 6. The van der Waals surface area contributed by atoms with E-state index in [2.05, 4.69) is 5.32 Å². The van der Waals surface area contributed by atoms with Gasteiger partial charge in [0.25, 0.3) is 5.91 Å². The topological polar surface area (TPSA) is 73.6 Å². The summed E-state index contributed by atoms with van der Waals surface area (Å²) in [7, 11) is 1.61. The Hall–Kier alpha value is -2.01. The van der Waals surface area contributed by atoms with Crippen molar-refractivity contribution in [1.29, 1.82) is 0 Å². The van der Waals surface area contributed by atoms with Crippen LogP contribution >= 0.6 is 0 Å². The average Bonchev–Trinajstić information content (AvgIpc) is 2.50. The summed E-state index contributed by atoms with van der Waals surface area (Å²) < 4.78 is 10.8. The maximum atomic E-state index is 12.0. The molecule has 0 unspecified atom stereocenters. The Kier molecular flexibility index (Phi) is 5.01. The van der Waals surface area contributed by atoms with E-state index < -0.39 is 0 Å². The van der Waals surface area contributed by atoms with Crippen molar-refractivity contribution in [3.05, 3.63) is 29.3 Å². The summed E-state index contributed by atoms with van der Waals surface area (Å²) in [5.41, 5.74) is 6.90. The van der Waals surface area contributed by atoms with Gasteiger partial charge in [0, 0.05) is 12.1 Å². The molecule has 1 aromatic rings. The van der Waals surface area contributed by atoms with Crippen LogP contribution in [0.1, 0.15) is 18.4 Å². The van der Waals surface area contributed by atoms with Gasteiger partial charge < -0.3 is 20.5 Å². The largest absolute Gasteiger partial charge is 0.497 e. The number of nitrogens with two attached hydrogens (primary N) is 1. The number of ether oxygens (including phenoxy) is 2. The highest BCUT2D eigenvalue weighted by molar-refractivity contribution is 5.99. The molecule has 0 spiro atoms. The fraction of sp³-hybridized carbons (Fsp3) is 0.400. The van der Waals surface area contributed by atoms with Crippen LogP contribution in [0.2, 0.25) is 0 Å². The van der Waals surface area contributed by atoms with Crippen LogP contribution in [-0.4, -0.2) is 32.7 Å². The van der Waals surface area contributed by atoms with Crippen LogP contribution in [0.3, 0.4) is 0 Å². The number of fused-ring (bicyclic) bond motifs is 1. The lowest BCUT2D eigenvalue weighted by Crippen LogP contribution is -2.29. The first-order valence-corrected chi connectivity index (χ1v) is 6.74. The summed E-state index contributed by atoms with van der Waals surface area (Å²) in [6, 6.07) is 5.54. The monoisotopic (exact) mass is 276 g/mol. The van der Waals surface area contributed by atoms with Gasteiger partial charge in [-0.2, -0.15) is 0 Å². The zero-order chi connectivity index (χ0) is 14.4. The molecule has 0 radical (unpaired) electrons. The van der Waals surface area contributed by atoms with E-state index >= 15 is 0 Å². The highest BCUT2D eigenvalue weighted by Crippen LogP contribution is 2.29. The molecule has 1 aromatic carbocycles. The van der Waals surface area contributed by atoms with Gasteiger partial charge in [0.15, 0.2) is 0 Å². The van der Waals surface area contributed by atoms with Crippen molar-refractivity contribution in [2.45, 2.75) is 12.8 Å². The number of amides is 1. The van der Waals surface area contributed by atoms with E-state index in [0.29, 0.717) is 25.3 Å². The third kappa shape index (κ3) is 3.51. The quantitative estimate of drug-likeness (QED) is 0.769. The molecule has 0 bridgehead atoms. The van der Waals surface area contributed by atoms with Crippen molar-refractivity contribution < 1.29 is 14.3 Å². The second-order valence-electron chi connectivity index (χ2n) is 4.61. The molecule has 20 heavy (non-hydrogen) atoms. The minimum Gasteiger partial charge on any atom is -0.497 e. The predicted octanol–water partition coefficient (Wildman–Crippen LogP) is 1.33. The molecule has 1 aliphatic heterocycles. The van der Waals surface area contributed by atoms with Crippen LogP contribution < -0.4 is 20.5 Å². The van der Waals surface area contributed by atoms with Gasteiger partial charge in [0.2, 0.25) is 0 Å². The lowest BCUT2D eigenvalue weighted by molar-refractivity contribution is -0.117. The summed E-state index contributed by atoms with van der Waals surface area (Å²) in [6.45, 7) is 1.58. The number of carbonyl (C=O) groups excluding carboxylic acids is 1. The molecular formula is C15H20N2O3. The van der Waals surface area contributed by atoms with Crippen LogP contribution in [0.4, 0.5) is 0 Å². The maximum absolute atomic E-state index is 12.0. The number of unbranched alkanes of at least 4 members (excludes halogenated alkanes) is 1. The SMILES string of the molecule is COc1ccc2c(c1)C=C(C(=O)NCCCCN)CO2. The van der Waals surface area contributed by atoms with Gasteiger partial charge in [-0.05, 0) is 43.7 Å². The average molecular weight is 276 g/mol. The highest BCUT2D eigenvalue weighted by Gasteiger charge is 2.17. The molecule has 1 heterocycles. The molecule has 2 rings (SSSR count). The third-order valence-corrected chi connectivity index (χ3v) is 3.14. The van der Waals surface area contributed by atoms with E-state index in [9.17, 15) is 4.79 Å². The molecule has 0 saturated heterocycles. The fourth-order valence-corrected chi connectivity index (χ4v) is 2.00. The molecule has 0 saturated carbocycles. The summed E-state index contributed by atoms with van der Waals surface area (Å²) in [6.07, 6.45) is 3.65. The van der Waals surface area contributed by atoms with Crippen LogP contribution in [0, 0.1) is 0 Å². The number of methoxy groups -OCH3 is 1. The van der Waals surface area contributed by atoms with Gasteiger partial charge in [-0.15, -0.1) is 0 Å². The molecule has 0 aromatic heterocycles. The van der Waals surface area contributed by atoms with Crippen molar-refractivity contribution in [2.75, 3.05) is 26.8 Å². The number of nitrogens with one attached hydrogen (secondary N) is 1. The second-order valence-corrected chi connectivity index (χ2v) is 4.61. The molecule has 5 nitrogen and oxygen atoms in total. The zero-order valence-corrected chi connectivity index (χ0v) is 11.6. The molecule has 5 heteroatoms. The van der Waals surface area contributed by atoms with Gasteiger partial charge in [-0.3, -0.25) is 4.79 Å². The minimum atomic E-state index is -0.0875. The number of hydrogen-bond donors (Lipinski definition) is 2. The maximum Gasteiger partial charge on any atom is 0.250 e. The fourth-order valence-electron chi connectivity index (χ4n) is 2.00. The van der Waals surface area contributed by atoms with Gasteiger partial charge >= 0.3 is 0 Å². The van der Waals surface area contributed by atoms with E-state index in [4.69, 9.17) is 15.2 Å². The molecule has 1 amide bonds. The van der Waals surface area contributed by atoms with E-state index in [1.54, 1.807) is 7.11 Å². The first-order chi connectivity index (χ1) is 9.74. The number of carbonyl (C=O) groups is 1. The smallest absolute Gasteiger partial charge is 0.250 e. The van der Waals surface area contributed by atoms with Gasteiger partial charge in [0.1, 0.15) is 18.1 Å². The van der Waals surface area contributed by atoms with Crippen molar-refractivity contribution >= 4 is 12.0 Å². The van der Waals surface area contributed by atoms with E-state index in [0.717, 1.165) is 29.9 Å². The van der Waals surface area contributed by atoms with Crippen LogP contribution in [-0.2, 0) is 4.79 Å². The summed E-state index contributed by atoms with van der Waals surface area (Å²) >= 11 is 0. The van der Waals surface area contributed by atoms with E-state index in [-0.39, 0.29) is 5.91 Å².